The Morgan fingerprint density at radius 2 is 2.32 bits per heavy atom. The van der Waals surface area contributed by atoms with Crippen LogP contribution in [-0.4, -0.2) is 34.9 Å². The lowest BCUT2D eigenvalue weighted by Gasteiger charge is -2.24. The van der Waals surface area contributed by atoms with Crippen molar-refractivity contribution >= 4 is 18.3 Å². The van der Waals surface area contributed by atoms with Crippen LogP contribution in [0.15, 0.2) is 12.4 Å². The average molecular weight is 289 g/mol. The Morgan fingerprint density at radius 1 is 1.63 bits per heavy atom. The smallest absolute Gasteiger partial charge is 0.247 e. The van der Waals surface area contributed by atoms with Gasteiger partial charge in [-0.1, -0.05) is 0 Å². The van der Waals surface area contributed by atoms with Crippen LogP contribution in [0, 0.1) is 0 Å². The molecule has 1 aromatic rings. The topological polar surface area (TPSA) is 82.2 Å². The van der Waals surface area contributed by atoms with Crippen LogP contribution >= 0.6 is 12.4 Å². The van der Waals surface area contributed by atoms with E-state index in [1.165, 1.54) is 0 Å². The summed E-state index contributed by atoms with van der Waals surface area (Å²) in [6.45, 7) is 4.58. The summed E-state index contributed by atoms with van der Waals surface area (Å²) in [5.41, 5.74) is 4.65. The predicted molar refractivity (Wildman–Crippen MR) is 74.5 cm³/mol. The third-order valence-corrected chi connectivity index (χ3v) is 2.99. The molecule has 3 N–H and O–H groups in total. The molecule has 1 amide bonds. The van der Waals surface area contributed by atoms with Gasteiger partial charge in [0.25, 0.3) is 0 Å². The van der Waals surface area contributed by atoms with E-state index >= 15 is 0 Å². The minimum absolute atomic E-state index is 0. The summed E-state index contributed by atoms with van der Waals surface area (Å²) < 4.78 is 6.99. The number of carbonyl (C=O) groups is 1. The van der Waals surface area contributed by atoms with Gasteiger partial charge in [0.1, 0.15) is 12.1 Å². The molecule has 19 heavy (non-hydrogen) atoms. The van der Waals surface area contributed by atoms with Crippen LogP contribution in [0.2, 0.25) is 0 Å². The van der Waals surface area contributed by atoms with Crippen molar-refractivity contribution in [1.29, 1.82) is 0 Å². The normalized spacial score (nSPS) is 14.7. The zero-order chi connectivity index (χ0) is 13.2. The summed E-state index contributed by atoms with van der Waals surface area (Å²) in [7, 11) is 0. The monoisotopic (exact) mass is 288 g/mol. The maximum Gasteiger partial charge on any atom is 0.247 e. The molecule has 7 heteroatoms. The zero-order valence-corrected chi connectivity index (χ0v) is 12.1. The summed E-state index contributed by atoms with van der Waals surface area (Å²) >= 11 is 0. The number of carbonyl (C=O) groups excluding carboxylic acids is 1. The fraction of sp³-hybridized carbons (Fsp3) is 0.667. The van der Waals surface area contributed by atoms with Crippen LogP contribution in [0.4, 0.5) is 0 Å². The molecular formula is C12H21ClN4O2. The molecule has 1 aliphatic carbocycles. The van der Waals surface area contributed by atoms with E-state index in [4.69, 9.17) is 10.5 Å². The highest BCUT2D eigenvalue weighted by Gasteiger charge is 2.34. The van der Waals surface area contributed by atoms with E-state index in [2.05, 4.69) is 10.4 Å². The number of nitrogens with zero attached hydrogens (tertiary/aromatic N) is 2. The Balaban J connectivity index is 0.00000180. The van der Waals surface area contributed by atoms with Crippen LogP contribution in [0.25, 0.3) is 0 Å². The summed E-state index contributed by atoms with van der Waals surface area (Å²) in [5, 5.41) is 7.16. The number of rotatable bonds is 6. The molecule has 1 heterocycles. The molecule has 0 saturated heterocycles. The quantitative estimate of drug-likeness (QED) is 0.805. The fourth-order valence-electron chi connectivity index (χ4n) is 1.56. The van der Waals surface area contributed by atoms with Gasteiger partial charge in [-0.25, -0.2) is 0 Å². The van der Waals surface area contributed by atoms with Gasteiger partial charge >= 0.3 is 0 Å². The molecule has 1 aromatic heterocycles. The Bertz CT molecular complexity index is 429. The number of hydrogen-bond acceptors (Lipinski definition) is 4. The second-order valence-corrected chi connectivity index (χ2v) is 5.06. The van der Waals surface area contributed by atoms with E-state index in [-0.39, 0.29) is 18.3 Å². The molecule has 0 spiro atoms. The summed E-state index contributed by atoms with van der Waals surface area (Å²) in [6.07, 6.45) is 5.47. The van der Waals surface area contributed by atoms with Crippen LogP contribution in [0.1, 0.15) is 26.7 Å². The van der Waals surface area contributed by atoms with Crippen LogP contribution < -0.4 is 15.8 Å². The molecule has 0 aromatic carbocycles. The first-order valence-corrected chi connectivity index (χ1v) is 6.23. The van der Waals surface area contributed by atoms with Crippen molar-refractivity contribution in [1.82, 2.24) is 15.1 Å². The van der Waals surface area contributed by atoms with Crippen molar-refractivity contribution < 1.29 is 9.53 Å². The Morgan fingerprint density at radius 3 is 2.89 bits per heavy atom. The number of amides is 1. The number of hydrogen-bond donors (Lipinski definition) is 2. The van der Waals surface area contributed by atoms with Gasteiger partial charge < -0.3 is 15.8 Å². The fourth-order valence-corrected chi connectivity index (χ4v) is 1.56. The highest BCUT2D eigenvalue weighted by molar-refractivity contribution is 5.85. The molecule has 1 aliphatic rings. The van der Waals surface area contributed by atoms with E-state index < -0.39 is 5.54 Å². The molecule has 1 fully saturated rings. The average Bonchev–Trinajstić information content (AvgIpc) is 3.01. The predicted octanol–water partition coefficient (Wildman–Crippen LogP) is 0.656. The zero-order valence-electron chi connectivity index (χ0n) is 11.3. The van der Waals surface area contributed by atoms with Crippen molar-refractivity contribution in [3.63, 3.8) is 0 Å². The van der Waals surface area contributed by atoms with Gasteiger partial charge in [0.15, 0.2) is 5.75 Å². The molecular weight excluding hydrogens is 268 g/mol. The lowest BCUT2D eigenvalue weighted by molar-refractivity contribution is -0.129. The van der Waals surface area contributed by atoms with Gasteiger partial charge in [0.2, 0.25) is 5.91 Å². The van der Waals surface area contributed by atoms with Gasteiger partial charge in [-0.2, -0.15) is 5.10 Å². The second-order valence-electron chi connectivity index (χ2n) is 5.06. The summed E-state index contributed by atoms with van der Waals surface area (Å²) in [5.74, 6) is 0.617. The first-order valence-electron chi connectivity index (χ1n) is 6.23. The van der Waals surface area contributed by atoms with Crippen molar-refractivity contribution in [3.05, 3.63) is 12.4 Å². The molecule has 0 bridgehead atoms. The van der Waals surface area contributed by atoms with E-state index in [9.17, 15) is 4.79 Å². The Labute approximate surface area is 119 Å². The van der Waals surface area contributed by atoms with Crippen LogP contribution in [0.3, 0.4) is 0 Å². The molecule has 0 aliphatic heterocycles. The molecule has 108 valence electrons. The lowest BCUT2D eigenvalue weighted by Crippen LogP contribution is -2.45. The van der Waals surface area contributed by atoms with Crippen LogP contribution in [0.5, 0.6) is 5.75 Å². The van der Waals surface area contributed by atoms with Crippen molar-refractivity contribution in [2.24, 2.45) is 5.73 Å². The maximum atomic E-state index is 12.1. The van der Waals surface area contributed by atoms with Gasteiger partial charge in [-0.3, -0.25) is 9.48 Å². The van der Waals surface area contributed by atoms with Crippen molar-refractivity contribution in [2.45, 2.75) is 38.3 Å². The number of aromatic nitrogens is 2. The van der Waals surface area contributed by atoms with Gasteiger partial charge in [0, 0.05) is 12.6 Å². The minimum atomic E-state index is -0.715. The Hall–Kier alpha value is -1.27. The molecule has 0 unspecified atom stereocenters. The third kappa shape index (κ3) is 3.84. The lowest BCUT2D eigenvalue weighted by atomic mass is 10.1. The first kappa shape index (κ1) is 15.8. The second kappa shape index (κ2) is 6.25. The first-order chi connectivity index (χ1) is 8.54. The van der Waals surface area contributed by atoms with Gasteiger partial charge in [-0.05, 0) is 26.7 Å². The number of ether oxygens (including phenoxy) is 1. The molecule has 1 saturated carbocycles. The van der Waals surface area contributed by atoms with Crippen molar-refractivity contribution in [2.75, 3.05) is 13.2 Å². The van der Waals surface area contributed by atoms with Crippen molar-refractivity contribution in [3.8, 4) is 5.75 Å². The number of nitrogens with two attached hydrogens (primary N) is 1. The summed E-state index contributed by atoms with van der Waals surface area (Å²) in [6, 6.07) is 0.347. The largest absolute Gasteiger partial charge is 0.489 e. The highest BCUT2D eigenvalue weighted by Crippen LogP contribution is 2.23. The minimum Gasteiger partial charge on any atom is -0.489 e. The maximum absolute atomic E-state index is 12.1. The molecule has 6 nitrogen and oxygen atoms in total. The van der Waals surface area contributed by atoms with Gasteiger partial charge in [0.05, 0.1) is 12.4 Å². The van der Waals surface area contributed by atoms with Crippen LogP contribution in [-0.2, 0) is 10.3 Å². The SMILES string of the molecule is CC(C)(C(=O)NC1CC1)n1cc(OCCN)cn1.Cl. The van der Waals surface area contributed by atoms with E-state index in [0.717, 1.165) is 12.8 Å². The van der Waals surface area contributed by atoms with E-state index in [1.54, 1.807) is 17.1 Å². The van der Waals surface area contributed by atoms with E-state index in [1.807, 2.05) is 13.8 Å². The highest BCUT2D eigenvalue weighted by atomic mass is 35.5. The standard InChI is InChI=1S/C12H20N4O2.ClH/c1-12(2,11(17)15-9-3-4-9)16-8-10(7-14-16)18-6-5-13;/h7-9H,3-6,13H2,1-2H3,(H,15,17);1H. The molecule has 0 radical (unpaired) electrons. The number of halogens is 1. The summed E-state index contributed by atoms with van der Waals surface area (Å²) in [4.78, 5) is 12.1. The molecule has 2 rings (SSSR count). The Kier molecular flexibility index (Phi) is 5.20. The van der Waals surface area contributed by atoms with E-state index in [0.29, 0.717) is 24.9 Å². The third-order valence-electron chi connectivity index (χ3n) is 2.99. The number of nitrogens with one attached hydrogen (secondary N) is 1. The van der Waals surface area contributed by atoms with Gasteiger partial charge in [-0.15, -0.1) is 12.4 Å². The molecule has 0 atom stereocenters.